The first-order chi connectivity index (χ1) is 31.2. The lowest BCUT2D eigenvalue weighted by atomic mass is 9.75. The van der Waals surface area contributed by atoms with Crippen LogP contribution < -0.4 is 0 Å². The summed E-state index contributed by atoms with van der Waals surface area (Å²) in [6.07, 6.45) is 15.8. The van der Waals surface area contributed by atoms with E-state index in [0.717, 1.165) is 71.9 Å². The zero-order valence-corrected chi connectivity index (χ0v) is 39.9. The third kappa shape index (κ3) is 11.4. The Labute approximate surface area is 389 Å². The quantitative estimate of drug-likeness (QED) is 0.111. The van der Waals surface area contributed by atoms with Crippen molar-refractivity contribution in [3.8, 4) is 12.1 Å². The molecule has 2 aliphatic carbocycles. The van der Waals surface area contributed by atoms with Crippen LogP contribution in [-0.4, -0.2) is 66.1 Å². The number of nitriles is 2. The van der Waals surface area contributed by atoms with Crippen LogP contribution in [0, 0.1) is 33.5 Å². The molecule has 4 heterocycles. The summed E-state index contributed by atoms with van der Waals surface area (Å²) in [5.41, 5.74) is 7.29. The molecule has 4 N–H and O–H groups in total. The monoisotopic (exact) mass is 895 g/mol. The molecule has 6 atom stereocenters. The van der Waals surface area contributed by atoms with Crippen molar-refractivity contribution in [2.24, 2.45) is 10.8 Å². The lowest BCUT2D eigenvalue weighted by Crippen LogP contribution is -2.41. The molecule has 348 valence electrons. The van der Waals surface area contributed by atoms with Gasteiger partial charge in [-0.3, -0.25) is 9.59 Å². The highest BCUT2D eigenvalue weighted by molar-refractivity contribution is 5.96. The van der Waals surface area contributed by atoms with E-state index >= 15 is 0 Å². The van der Waals surface area contributed by atoms with Crippen LogP contribution in [0.3, 0.4) is 0 Å². The Morgan fingerprint density at radius 2 is 1.02 bits per heavy atom. The summed E-state index contributed by atoms with van der Waals surface area (Å²) in [7, 11) is 0. The van der Waals surface area contributed by atoms with Gasteiger partial charge in [0, 0.05) is 38.5 Å². The molecule has 0 amide bonds. The summed E-state index contributed by atoms with van der Waals surface area (Å²) in [6, 6.07) is 16.0. The van der Waals surface area contributed by atoms with Gasteiger partial charge in [0.25, 0.3) is 0 Å². The van der Waals surface area contributed by atoms with Gasteiger partial charge in [-0.25, -0.2) is 9.97 Å². The van der Waals surface area contributed by atoms with Gasteiger partial charge in [0.05, 0.1) is 48.0 Å². The Hall–Kier alpha value is -5.50. The first-order valence-electron chi connectivity index (χ1n) is 23.5. The van der Waals surface area contributed by atoms with Gasteiger partial charge in [0.2, 0.25) is 11.6 Å². The average molecular weight is 895 g/mol. The van der Waals surface area contributed by atoms with Crippen molar-refractivity contribution in [3.05, 3.63) is 117 Å². The van der Waals surface area contributed by atoms with Gasteiger partial charge in [0.1, 0.15) is 23.5 Å². The molecule has 2 aromatic heterocycles. The third-order valence-electron chi connectivity index (χ3n) is 14.0. The second kappa shape index (κ2) is 19.4. The first-order valence-corrected chi connectivity index (χ1v) is 23.5. The van der Waals surface area contributed by atoms with Crippen molar-refractivity contribution in [1.29, 1.82) is 10.5 Å². The van der Waals surface area contributed by atoms with E-state index in [1.807, 2.05) is 64.1 Å². The number of H-pyrrole nitrogens is 2. The summed E-state index contributed by atoms with van der Waals surface area (Å²) in [5, 5.41) is 41.2. The number of allylic oxidation sites excluding steroid dienone is 4. The van der Waals surface area contributed by atoms with E-state index in [4.69, 9.17) is 20.0 Å². The second-order valence-corrected chi connectivity index (χ2v) is 21.0. The summed E-state index contributed by atoms with van der Waals surface area (Å²) in [4.78, 5) is 39.6. The number of hydrogen-bond acceptors (Lipinski definition) is 10. The molecule has 4 aromatic rings. The van der Waals surface area contributed by atoms with Gasteiger partial charge in [0.15, 0.2) is 11.6 Å². The molecule has 2 aliphatic heterocycles. The Bertz CT molecular complexity index is 2400. The smallest absolute Gasteiger partial charge is 0.202 e. The van der Waals surface area contributed by atoms with E-state index < -0.39 is 11.2 Å². The molecule has 0 bridgehead atoms. The van der Waals surface area contributed by atoms with E-state index in [1.165, 1.54) is 23.5 Å². The minimum atomic E-state index is -0.953. The molecule has 4 aliphatic rings. The van der Waals surface area contributed by atoms with Crippen LogP contribution in [0.4, 0.5) is 0 Å². The fourth-order valence-corrected chi connectivity index (χ4v) is 10.4. The number of nitrogens with zero attached hydrogens (tertiary/aromatic N) is 4. The van der Waals surface area contributed by atoms with Crippen molar-refractivity contribution in [3.63, 3.8) is 0 Å². The highest BCUT2D eigenvalue weighted by Crippen LogP contribution is 2.44. The van der Waals surface area contributed by atoms with Crippen LogP contribution in [0.1, 0.15) is 186 Å². The number of benzene rings is 2. The Morgan fingerprint density at radius 3 is 1.32 bits per heavy atom. The molecule has 2 fully saturated rings. The standard InChI is InChI=1S/2C27H33N3O3/c2*1-17-13-27(32,14-18(2)33-17)21-6-5-20(11-24(31)25-29-16-22(15-28)30-25)23(12-21)19-7-9-26(3,4)10-8-19/h2*5-7,12,16-18,32H,8-11,13-14H2,1-4H3,(H,29,30)/t2*17-,18+,27?. The maximum absolute atomic E-state index is 12.9. The zero-order valence-electron chi connectivity index (χ0n) is 39.9. The van der Waals surface area contributed by atoms with Crippen LogP contribution in [0.15, 0.2) is 60.9 Å². The lowest BCUT2D eigenvalue weighted by Gasteiger charge is -2.40. The molecular formula is C54H66N6O6. The number of aliphatic hydroxyl groups is 2. The number of ketones is 2. The van der Waals surface area contributed by atoms with Crippen molar-refractivity contribution >= 4 is 22.7 Å². The molecule has 8 rings (SSSR count). The number of carbonyl (C=O) groups excluding carboxylic acids is 2. The SMILES string of the molecule is C[C@@H]1CC(O)(c2ccc(CC(=O)c3ncc(C#N)[nH]3)c(C3=CCC(C)(C)CC3)c2)C[C@H](C)O1.C[C@@H]1CC(O)(c2ccc(CC(=O)c3ncc(C#N)[nH]3)c(C3=CCC(C)(C)CC3)c2)C[C@H](C)O1. The van der Waals surface area contributed by atoms with E-state index in [-0.39, 0.29) is 82.7 Å². The van der Waals surface area contributed by atoms with Crippen LogP contribution in [0.2, 0.25) is 0 Å². The highest BCUT2D eigenvalue weighted by atomic mass is 16.5. The third-order valence-corrected chi connectivity index (χ3v) is 14.0. The first kappa shape index (κ1) is 48.4. The molecule has 12 nitrogen and oxygen atoms in total. The van der Waals surface area contributed by atoms with Gasteiger partial charge >= 0.3 is 0 Å². The predicted molar refractivity (Wildman–Crippen MR) is 253 cm³/mol. The second-order valence-electron chi connectivity index (χ2n) is 21.0. The fourth-order valence-electron chi connectivity index (χ4n) is 10.4. The maximum Gasteiger partial charge on any atom is 0.202 e. The fraction of sp³-hybridized carbons (Fsp3) is 0.519. The molecule has 2 aromatic carbocycles. The number of hydrogen-bond donors (Lipinski definition) is 4. The highest BCUT2D eigenvalue weighted by Gasteiger charge is 2.40. The van der Waals surface area contributed by atoms with Gasteiger partial charge in [-0.05, 0) is 134 Å². The molecule has 12 heteroatoms. The minimum absolute atomic E-state index is 0.0218. The van der Waals surface area contributed by atoms with Gasteiger partial charge in [-0.15, -0.1) is 0 Å². The summed E-state index contributed by atoms with van der Waals surface area (Å²) >= 11 is 0. The summed E-state index contributed by atoms with van der Waals surface area (Å²) in [6.45, 7) is 17.1. The number of aromatic amines is 2. The van der Waals surface area contributed by atoms with Crippen molar-refractivity contribution < 1.29 is 29.3 Å². The number of aromatic nitrogens is 4. The molecule has 0 spiro atoms. The zero-order chi connectivity index (χ0) is 47.6. The van der Waals surface area contributed by atoms with Crippen LogP contribution in [-0.2, 0) is 33.5 Å². The molecular weight excluding hydrogens is 829 g/mol. The minimum Gasteiger partial charge on any atom is -0.385 e. The summed E-state index contributed by atoms with van der Waals surface area (Å²) in [5.74, 6) is 0.0839. The van der Waals surface area contributed by atoms with Crippen LogP contribution >= 0.6 is 0 Å². The normalized spacial score (nSPS) is 27.0. The number of imidazole rings is 2. The molecule has 0 saturated carbocycles. The number of ether oxygens (including phenoxy) is 2. The van der Waals surface area contributed by atoms with Crippen LogP contribution in [0.5, 0.6) is 0 Å². The van der Waals surface area contributed by atoms with Crippen molar-refractivity contribution in [1.82, 2.24) is 19.9 Å². The Morgan fingerprint density at radius 1 is 0.652 bits per heavy atom. The Kier molecular flexibility index (Phi) is 14.2. The predicted octanol–water partition coefficient (Wildman–Crippen LogP) is 10.2. The Balaban J connectivity index is 0.000000196. The van der Waals surface area contributed by atoms with Gasteiger partial charge < -0.3 is 29.7 Å². The summed E-state index contributed by atoms with van der Waals surface area (Å²) < 4.78 is 11.7. The number of rotatable bonds is 10. The van der Waals surface area contributed by atoms with E-state index in [0.29, 0.717) is 25.7 Å². The maximum atomic E-state index is 12.9. The molecule has 66 heavy (non-hydrogen) atoms. The van der Waals surface area contributed by atoms with Crippen molar-refractivity contribution in [2.45, 2.75) is 168 Å². The number of nitrogens with one attached hydrogen (secondary N) is 2. The van der Waals surface area contributed by atoms with Crippen molar-refractivity contribution in [2.75, 3.05) is 0 Å². The van der Waals surface area contributed by atoms with E-state index in [2.05, 4.69) is 71.9 Å². The largest absolute Gasteiger partial charge is 0.385 e. The van der Waals surface area contributed by atoms with Gasteiger partial charge in [-0.2, -0.15) is 10.5 Å². The van der Waals surface area contributed by atoms with Crippen LogP contribution in [0.25, 0.3) is 11.1 Å². The number of carbonyl (C=O) groups is 2. The molecule has 2 saturated heterocycles. The average Bonchev–Trinajstić information content (AvgIpc) is 3.95. The molecule has 2 unspecified atom stereocenters. The van der Waals surface area contributed by atoms with Gasteiger partial charge in [-0.1, -0.05) is 64.1 Å². The molecule has 0 radical (unpaired) electrons. The number of Topliss-reactive ketones (excluding diaryl/α,β-unsaturated/α-hetero) is 2. The lowest BCUT2D eigenvalue weighted by molar-refractivity contribution is -0.136. The topological polar surface area (TPSA) is 198 Å². The van der Waals surface area contributed by atoms with E-state index in [9.17, 15) is 19.8 Å². The van der Waals surface area contributed by atoms with E-state index in [1.54, 1.807) is 0 Å².